The fourth-order valence-corrected chi connectivity index (χ4v) is 2.07. The van der Waals surface area contributed by atoms with Gasteiger partial charge in [0.25, 0.3) is 5.69 Å². The number of likely N-dealkylation sites (N-methyl/N-ethyl adjacent to an activating group) is 1. The largest absolute Gasteiger partial charge is 0.416 e. The number of nitro groups is 1. The summed E-state index contributed by atoms with van der Waals surface area (Å²) in [4.78, 5) is 9.79. The highest BCUT2D eigenvalue weighted by Crippen LogP contribution is 2.34. The number of rotatable bonds is 7. The third-order valence-electron chi connectivity index (χ3n) is 2.94. The van der Waals surface area contributed by atoms with Crippen molar-refractivity contribution in [1.82, 2.24) is 5.32 Å². The minimum absolute atomic E-state index is 0.0103. The van der Waals surface area contributed by atoms with E-state index in [1.54, 1.807) is 0 Å². The number of ether oxygens (including phenoxy) is 1. The molecule has 1 rings (SSSR count). The van der Waals surface area contributed by atoms with Gasteiger partial charge in [-0.2, -0.15) is 13.2 Å². The van der Waals surface area contributed by atoms with Gasteiger partial charge in [0, 0.05) is 25.3 Å². The predicted molar refractivity (Wildman–Crippen MR) is 71.1 cm³/mol. The number of non-ortho nitro benzene ring substituents is 1. The summed E-state index contributed by atoms with van der Waals surface area (Å²) in [6.07, 6.45) is -4.56. The van der Waals surface area contributed by atoms with Gasteiger partial charge in [-0.05, 0) is 18.5 Å². The minimum atomic E-state index is -4.63. The van der Waals surface area contributed by atoms with Crippen molar-refractivity contribution in [3.05, 3.63) is 39.4 Å². The summed E-state index contributed by atoms with van der Waals surface area (Å²) in [7, 11) is 1.46. The van der Waals surface area contributed by atoms with Crippen molar-refractivity contribution in [1.29, 1.82) is 0 Å². The summed E-state index contributed by atoms with van der Waals surface area (Å²) in [5, 5.41) is 13.6. The standard InChI is InChI=1S/C13H17F3N2O3/c1-3-17-10(8-21-2)6-9-4-5-11(18(19)20)7-12(9)13(14,15)16/h4-5,7,10,17H,3,6,8H2,1-2H3. The zero-order valence-electron chi connectivity index (χ0n) is 11.7. The zero-order chi connectivity index (χ0) is 16.0. The van der Waals surface area contributed by atoms with E-state index in [4.69, 9.17) is 4.74 Å². The molecular weight excluding hydrogens is 289 g/mol. The van der Waals surface area contributed by atoms with Gasteiger partial charge in [-0.3, -0.25) is 10.1 Å². The fraction of sp³-hybridized carbons (Fsp3) is 0.538. The predicted octanol–water partition coefficient (Wildman–Crippen LogP) is 2.78. The summed E-state index contributed by atoms with van der Waals surface area (Å²) in [5.41, 5.74) is -1.54. The number of hydrogen-bond acceptors (Lipinski definition) is 4. The van der Waals surface area contributed by atoms with Gasteiger partial charge in [-0.25, -0.2) is 0 Å². The van der Waals surface area contributed by atoms with Crippen LogP contribution in [0.3, 0.4) is 0 Å². The van der Waals surface area contributed by atoms with Crippen molar-refractivity contribution >= 4 is 5.69 Å². The van der Waals surface area contributed by atoms with Gasteiger partial charge in [0.2, 0.25) is 0 Å². The average molecular weight is 306 g/mol. The second-order valence-electron chi connectivity index (χ2n) is 4.51. The summed E-state index contributed by atoms with van der Waals surface area (Å²) < 4.78 is 44.1. The van der Waals surface area contributed by atoms with E-state index < -0.39 is 22.4 Å². The van der Waals surface area contributed by atoms with E-state index >= 15 is 0 Å². The number of alkyl halides is 3. The van der Waals surface area contributed by atoms with Gasteiger partial charge in [0.05, 0.1) is 17.1 Å². The Kier molecular flexibility index (Phi) is 6.10. The molecule has 0 radical (unpaired) electrons. The molecule has 0 fully saturated rings. The minimum Gasteiger partial charge on any atom is -0.383 e. The molecule has 0 saturated carbocycles. The number of benzene rings is 1. The SMILES string of the molecule is CCNC(COC)Cc1ccc([N+](=O)[O-])cc1C(F)(F)F. The van der Waals surface area contributed by atoms with Crippen LogP contribution in [-0.4, -0.2) is 31.2 Å². The lowest BCUT2D eigenvalue weighted by Crippen LogP contribution is -2.35. The van der Waals surface area contributed by atoms with Gasteiger partial charge in [0.15, 0.2) is 0 Å². The normalized spacial score (nSPS) is 13.2. The van der Waals surface area contributed by atoms with Crippen molar-refractivity contribution in [3.63, 3.8) is 0 Å². The maximum atomic E-state index is 13.0. The van der Waals surface area contributed by atoms with Crippen LogP contribution in [-0.2, 0) is 17.3 Å². The third kappa shape index (κ3) is 4.98. The lowest BCUT2D eigenvalue weighted by molar-refractivity contribution is -0.385. The molecule has 118 valence electrons. The first-order valence-electron chi connectivity index (χ1n) is 6.36. The second kappa shape index (κ2) is 7.37. The number of halogens is 3. The number of hydrogen-bond donors (Lipinski definition) is 1. The molecule has 21 heavy (non-hydrogen) atoms. The van der Waals surface area contributed by atoms with Crippen molar-refractivity contribution in [2.75, 3.05) is 20.3 Å². The Labute approximate surface area is 120 Å². The molecule has 0 aliphatic heterocycles. The Morgan fingerprint density at radius 2 is 2.10 bits per heavy atom. The quantitative estimate of drug-likeness (QED) is 0.621. The lowest BCUT2D eigenvalue weighted by atomic mass is 9.99. The Morgan fingerprint density at radius 1 is 1.43 bits per heavy atom. The van der Waals surface area contributed by atoms with Gasteiger partial charge >= 0.3 is 6.18 Å². The van der Waals surface area contributed by atoms with E-state index in [1.165, 1.54) is 7.11 Å². The Hall–Kier alpha value is -1.67. The van der Waals surface area contributed by atoms with E-state index in [0.29, 0.717) is 12.6 Å². The maximum Gasteiger partial charge on any atom is 0.416 e. The first-order valence-corrected chi connectivity index (χ1v) is 6.36. The summed E-state index contributed by atoms with van der Waals surface area (Å²) in [6.45, 7) is 2.67. The average Bonchev–Trinajstić information content (AvgIpc) is 2.38. The van der Waals surface area contributed by atoms with Crippen molar-refractivity contribution in [3.8, 4) is 0 Å². The maximum absolute atomic E-state index is 13.0. The molecule has 5 nitrogen and oxygen atoms in total. The molecule has 0 aromatic heterocycles. The molecular formula is C13H17F3N2O3. The second-order valence-corrected chi connectivity index (χ2v) is 4.51. The van der Waals surface area contributed by atoms with Crippen molar-refractivity contribution in [2.45, 2.75) is 25.6 Å². The van der Waals surface area contributed by atoms with Crippen LogP contribution in [0.2, 0.25) is 0 Å². The molecule has 0 heterocycles. The van der Waals surface area contributed by atoms with Crippen molar-refractivity contribution < 1.29 is 22.8 Å². The number of nitrogens with zero attached hydrogens (tertiary/aromatic N) is 1. The molecule has 0 saturated heterocycles. The zero-order valence-corrected chi connectivity index (χ0v) is 11.7. The van der Waals surface area contributed by atoms with E-state index in [2.05, 4.69) is 5.32 Å². The lowest BCUT2D eigenvalue weighted by Gasteiger charge is -2.19. The third-order valence-corrected chi connectivity index (χ3v) is 2.94. The van der Waals surface area contributed by atoms with Gasteiger partial charge in [0.1, 0.15) is 0 Å². The molecule has 1 unspecified atom stereocenters. The van der Waals surface area contributed by atoms with E-state index in [-0.39, 0.29) is 24.6 Å². The molecule has 1 aromatic carbocycles. The molecule has 0 amide bonds. The Balaban J connectivity index is 3.13. The molecule has 8 heteroatoms. The van der Waals surface area contributed by atoms with Crippen LogP contribution in [0, 0.1) is 10.1 Å². The van der Waals surface area contributed by atoms with Crippen molar-refractivity contribution in [2.24, 2.45) is 0 Å². The van der Waals surface area contributed by atoms with Crippen LogP contribution < -0.4 is 5.32 Å². The van der Waals surface area contributed by atoms with E-state index in [1.807, 2.05) is 6.92 Å². The molecule has 0 aliphatic carbocycles. The highest BCUT2D eigenvalue weighted by Gasteiger charge is 2.35. The van der Waals surface area contributed by atoms with Crippen LogP contribution in [0.4, 0.5) is 18.9 Å². The number of nitrogens with one attached hydrogen (secondary N) is 1. The fourth-order valence-electron chi connectivity index (χ4n) is 2.07. The van der Waals surface area contributed by atoms with E-state index in [0.717, 1.165) is 12.1 Å². The molecule has 1 aromatic rings. The van der Waals surface area contributed by atoms with Crippen LogP contribution in [0.15, 0.2) is 18.2 Å². The van der Waals surface area contributed by atoms with Gasteiger partial charge in [-0.1, -0.05) is 13.0 Å². The monoisotopic (exact) mass is 306 g/mol. The van der Waals surface area contributed by atoms with E-state index in [9.17, 15) is 23.3 Å². The molecule has 0 spiro atoms. The highest BCUT2D eigenvalue weighted by atomic mass is 19.4. The summed E-state index contributed by atoms with van der Waals surface area (Å²) in [5.74, 6) is 0. The summed E-state index contributed by atoms with van der Waals surface area (Å²) >= 11 is 0. The Morgan fingerprint density at radius 3 is 2.57 bits per heavy atom. The van der Waals surface area contributed by atoms with Gasteiger partial charge < -0.3 is 10.1 Å². The van der Waals surface area contributed by atoms with Crippen LogP contribution in [0.5, 0.6) is 0 Å². The number of nitro benzene ring substituents is 1. The van der Waals surface area contributed by atoms with Crippen LogP contribution in [0.25, 0.3) is 0 Å². The smallest absolute Gasteiger partial charge is 0.383 e. The summed E-state index contributed by atoms with van der Waals surface area (Å²) in [6, 6.07) is 2.52. The van der Waals surface area contributed by atoms with Gasteiger partial charge in [-0.15, -0.1) is 0 Å². The topological polar surface area (TPSA) is 64.4 Å². The molecule has 1 N–H and O–H groups in total. The molecule has 0 bridgehead atoms. The first kappa shape index (κ1) is 17.4. The van der Waals surface area contributed by atoms with Crippen LogP contribution in [0.1, 0.15) is 18.1 Å². The molecule has 0 aliphatic rings. The number of methoxy groups -OCH3 is 1. The Bertz CT molecular complexity index is 486. The first-order chi connectivity index (χ1) is 9.79. The van der Waals surface area contributed by atoms with Crippen LogP contribution >= 0.6 is 0 Å². The highest BCUT2D eigenvalue weighted by molar-refractivity contribution is 5.41. The molecule has 1 atom stereocenters.